The largest absolute Gasteiger partial charge is 0.478 e. The molecule has 158 valence electrons. The van der Waals surface area contributed by atoms with Gasteiger partial charge in [-0.25, -0.2) is 4.79 Å². The number of carboxylic acids is 1. The number of thiocarbonyl (C=S) groups is 1. The van der Waals surface area contributed by atoms with Crippen LogP contribution in [0.5, 0.6) is 0 Å². The van der Waals surface area contributed by atoms with Crippen LogP contribution in [0.3, 0.4) is 0 Å². The molecule has 1 amide bonds. The number of rotatable bonds is 5. The average Bonchev–Trinajstić information content (AvgIpc) is 3.20. The Morgan fingerprint density at radius 1 is 1.13 bits per heavy atom. The second-order valence-corrected chi connectivity index (χ2v) is 8.17. The molecule has 12 heteroatoms. The van der Waals surface area contributed by atoms with Crippen LogP contribution < -0.4 is 10.6 Å². The van der Waals surface area contributed by atoms with Crippen molar-refractivity contribution in [3.8, 4) is 11.3 Å². The number of non-ortho nitro benzene ring substituents is 1. The molecular weight excluding hydrogens is 558 g/mol. The van der Waals surface area contributed by atoms with Crippen LogP contribution in [-0.4, -0.2) is 27.0 Å². The van der Waals surface area contributed by atoms with Crippen molar-refractivity contribution in [2.24, 2.45) is 0 Å². The highest BCUT2D eigenvalue weighted by Gasteiger charge is 2.19. The molecule has 0 bridgehead atoms. The highest BCUT2D eigenvalue weighted by molar-refractivity contribution is 9.11. The first-order valence-electron chi connectivity index (χ1n) is 8.35. The third-order valence-corrected chi connectivity index (χ3v) is 5.21. The van der Waals surface area contributed by atoms with Gasteiger partial charge >= 0.3 is 5.97 Å². The lowest BCUT2D eigenvalue weighted by molar-refractivity contribution is -0.384. The molecule has 0 atom stereocenters. The van der Waals surface area contributed by atoms with E-state index in [1.807, 2.05) is 0 Å². The van der Waals surface area contributed by atoms with Gasteiger partial charge in [0, 0.05) is 26.6 Å². The minimum Gasteiger partial charge on any atom is -0.478 e. The van der Waals surface area contributed by atoms with Gasteiger partial charge in [0.1, 0.15) is 5.76 Å². The van der Waals surface area contributed by atoms with Crippen molar-refractivity contribution in [2.75, 3.05) is 5.32 Å². The molecule has 0 spiro atoms. The van der Waals surface area contributed by atoms with Gasteiger partial charge in [-0.15, -0.1) is 0 Å². The molecule has 3 N–H and O–H groups in total. The predicted octanol–water partition coefficient (Wildman–Crippen LogP) is 5.20. The standard InChI is InChI=1S/C19H11Br2N3O6S/c20-10-7-12(18(26)27)16(13(21)8-10)22-19(31)23-17(25)15-5-4-14(30-15)9-2-1-3-11(6-9)24(28)29/h1-8H,(H,26,27)(H2,22,23,25,31). The van der Waals surface area contributed by atoms with E-state index in [0.29, 0.717) is 14.5 Å². The zero-order chi connectivity index (χ0) is 22.7. The Kier molecular flexibility index (Phi) is 6.83. The van der Waals surface area contributed by atoms with Gasteiger partial charge in [0.2, 0.25) is 0 Å². The van der Waals surface area contributed by atoms with E-state index in [1.54, 1.807) is 12.1 Å². The SMILES string of the molecule is O=C(NC(=S)Nc1c(Br)cc(Br)cc1C(=O)O)c1ccc(-c2cccc([N+](=O)[O-])c2)o1. The molecule has 31 heavy (non-hydrogen) atoms. The summed E-state index contributed by atoms with van der Waals surface area (Å²) in [5.41, 5.74) is 0.417. The molecule has 0 saturated carbocycles. The summed E-state index contributed by atoms with van der Waals surface area (Å²) >= 11 is 11.6. The van der Waals surface area contributed by atoms with E-state index in [9.17, 15) is 24.8 Å². The first-order valence-corrected chi connectivity index (χ1v) is 10.3. The molecular formula is C19H11Br2N3O6S. The van der Waals surface area contributed by atoms with Gasteiger partial charge in [0.05, 0.1) is 16.2 Å². The van der Waals surface area contributed by atoms with Crippen LogP contribution in [0, 0.1) is 10.1 Å². The van der Waals surface area contributed by atoms with Gasteiger partial charge in [-0.05, 0) is 52.4 Å². The number of amides is 1. The van der Waals surface area contributed by atoms with Gasteiger partial charge in [-0.1, -0.05) is 28.1 Å². The lowest BCUT2D eigenvalue weighted by atomic mass is 10.1. The number of benzene rings is 2. The normalized spacial score (nSPS) is 10.4. The summed E-state index contributed by atoms with van der Waals surface area (Å²) in [4.78, 5) is 34.3. The molecule has 0 unspecified atom stereocenters. The zero-order valence-corrected chi connectivity index (χ0v) is 19.2. The summed E-state index contributed by atoms with van der Waals surface area (Å²) in [6.45, 7) is 0. The third-order valence-electron chi connectivity index (χ3n) is 3.92. The second-order valence-electron chi connectivity index (χ2n) is 5.99. The van der Waals surface area contributed by atoms with E-state index in [4.69, 9.17) is 16.6 Å². The Morgan fingerprint density at radius 3 is 2.55 bits per heavy atom. The number of carbonyl (C=O) groups excluding carboxylic acids is 1. The van der Waals surface area contributed by atoms with Crippen LogP contribution in [0.25, 0.3) is 11.3 Å². The fourth-order valence-corrected chi connectivity index (χ4v) is 4.09. The summed E-state index contributed by atoms with van der Waals surface area (Å²) in [6, 6.07) is 11.7. The Morgan fingerprint density at radius 2 is 1.87 bits per heavy atom. The van der Waals surface area contributed by atoms with E-state index in [0.717, 1.165) is 0 Å². The number of hydrogen-bond donors (Lipinski definition) is 3. The van der Waals surface area contributed by atoms with Crippen LogP contribution in [0.2, 0.25) is 0 Å². The van der Waals surface area contributed by atoms with Crippen LogP contribution in [0.15, 0.2) is 61.9 Å². The number of halogens is 2. The fourth-order valence-electron chi connectivity index (χ4n) is 2.57. The molecule has 9 nitrogen and oxygen atoms in total. The number of anilines is 1. The van der Waals surface area contributed by atoms with E-state index >= 15 is 0 Å². The minimum absolute atomic E-state index is 0.0659. The van der Waals surface area contributed by atoms with E-state index in [-0.39, 0.29) is 33.6 Å². The molecule has 0 radical (unpaired) electrons. The molecule has 1 aromatic heterocycles. The predicted molar refractivity (Wildman–Crippen MR) is 123 cm³/mol. The maximum absolute atomic E-state index is 12.4. The third kappa shape index (κ3) is 5.34. The summed E-state index contributed by atoms with van der Waals surface area (Å²) in [7, 11) is 0. The first kappa shape index (κ1) is 22.6. The second kappa shape index (κ2) is 9.37. The van der Waals surface area contributed by atoms with Crippen LogP contribution >= 0.6 is 44.1 Å². The molecule has 0 fully saturated rings. The number of nitro benzene ring substituents is 1. The van der Waals surface area contributed by atoms with Crippen molar-refractivity contribution in [1.29, 1.82) is 0 Å². The summed E-state index contributed by atoms with van der Waals surface area (Å²) in [5, 5.41) is 25.2. The number of carboxylic acid groups (broad SMARTS) is 1. The average molecular weight is 569 g/mol. The van der Waals surface area contributed by atoms with E-state index in [2.05, 4.69) is 42.5 Å². The lowest BCUT2D eigenvalue weighted by Gasteiger charge is -2.13. The Bertz CT molecular complexity index is 1230. The number of nitrogens with one attached hydrogen (secondary N) is 2. The zero-order valence-electron chi connectivity index (χ0n) is 15.2. The van der Waals surface area contributed by atoms with Crippen molar-refractivity contribution >= 4 is 72.4 Å². The quantitative estimate of drug-likeness (QED) is 0.217. The molecule has 3 rings (SSSR count). The van der Waals surface area contributed by atoms with Gasteiger partial charge in [-0.3, -0.25) is 20.2 Å². The summed E-state index contributed by atoms with van der Waals surface area (Å²) in [5.74, 6) is -1.69. The Labute approximate surface area is 196 Å². The minimum atomic E-state index is -1.19. The molecule has 0 aliphatic heterocycles. The maximum Gasteiger partial charge on any atom is 0.337 e. The number of hydrogen-bond acceptors (Lipinski definition) is 6. The number of nitro groups is 1. The maximum atomic E-state index is 12.4. The van der Waals surface area contributed by atoms with Gasteiger partial charge in [0.15, 0.2) is 10.9 Å². The van der Waals surface area contributed by atoms with Crippen molar-refractivity contribution in [3.05, 3.63) is 78.9 Å². The number of aromatic carboxylic acids is 1. The monoisotopic (exact) mass is 567 g/mol. The Hall–Kier alpha value is -3.09. The highest BCUT2D eigenvalue weighted by atomic mass is 79.9. The molecule has 0 aliphatic carbocycles. The van der Waals surface area contributed by atoms with Crippen molar-refractivity contribution in [3.63, 3.8) is 0 Å². The molecule has 2 aromatic carbocycles. The smallest absolute Gasteiger partial charge is 0.337 e. The molecule has 3 aromatic rings. The van der Waals surface area contributed by atoms with Crippen LogP contribution in [0.1, 0.15) is 20.9 Å². The lowest BCUT2D eigenvalue weighted by Crippen LogP contribution is -2.34. The highest BCUT2D eigenvalue weighted by Crippen LogP contribution is 2.31. The van der Waals surface area contributed by atoms with Gasteiger partial charge in [-0.2, -0.15) is 0 Å². The van der Waals surface area contributed by atoms with Gasteiger partial charge < -0.3 is 14.8 Å². The van der Waals surface area contributed by atoms with Crippen molar-refractivity contribution < 1.29 is 24.0 Å². The molecule has 0 aliphatic rings. The summed E-state index contributed by atoms with van der Waals surface area (Å²) in [6.07, 6.45) is 0. The van der Waals surface area contributed by atoms with Gasteiger partial charge in [0.25, 0.3) is 11.6 Å². The van der Waals surface area contributed by atoms with Crippen molar-refractivity contribution in [2.45, 2.75) is 0 Å². The first-order chi connectivity index (χ1) is 14.7. The number of furan rings is 1. The Balaban J connectivity index is 1.75. The topological polar surface area (TPSA) is 135 Å². The van der Waals surface area contributed by atoms with Crippen LogP contribution in [0.4, 0.5) is 11.4 Å². The summed E-state index contributed by atoms with van der Waals surface area (Å²) < 4.78 is 6.45. The fraction of sp³-hybridized carbons (Fsp3) is 0. The van der Waals surface area contributed by atoms with E-state index < -0.39 is 16.8 Å². The van der Waals surface area contributed by atoms with Crippen LogP contribution in [-0.2, 0) is 0 Å². The number of carbonyl (C=O) groups is 2. The van der Waals surface area contributed by atoms with Crippen molar-refractivity contribution in [1.82, 2.24) is 5.32 Å². The molecule has 1 heterocycles. The van der Waals surface area contributed by atoms with E-state index in [1.165, 1.54) is 36.4 Å². The number of nitrogens with zero attached hydrogens (tertiary/aromatic N) is 1. The molecule has 0 saturated heterocycles.